The number of hydrogen-bond acceptors (Lipinski definition) is 3. The third-order valence-corrected chi connectivity index (χ3v) is 2.65. The van der Waals surface area contributed by atoms with Crippen LogP contribution in [0.25, 0.3) is 0 Å². The Hall–Kier alpha value is -1.42. The van der Waals surface area contributed by atoms with E-state index in [2.05, 4.69) is 10.1 Å². The Bertz CT molecular complexity index is 393. The number of ether oxygens (including phenoxy) is 1. The molecule has 0 aromatic heterocycles. The monoisotopic (exact) mass is 239 g/mol. The molecule has 1 aromatic carbocycles. The number of rotatable bonds is 5. The number of hydrogen-bond donors (Lipinski definition) is 1. The number of halogens is 1. The van der Waals surface area contributed by atoms with Gasteiger partial charge in [0, 0.05) is 12.6 Å². The molecule has 0 spiro atoms. The number of carbonyl (C=O) groups excluding carboxylic acids is 1. The first-order valence-electron chi connectivity index (χ1n) is 5.58. The van der Waals surface area contributed by atoms with Crippen molar-refractivity contribution in [1.29, 1.82) is 0 Å². The van der Waals surface area contributed by atoms with Crippen molar-refractivity contribution in [3.8, 4) is 0 Å². The summed E-state index contributed by atoms with van der Waals surface area (Å²) in [6.07, 6.45) is 0.330. The van der Waals surface area contributed by atoms with Gasteiger partial charge in [0.1, 0.15) is 5.82 Å². The minimum atomic E-state index is -0.235. The van der Waals surface area contributed by atoms with Gasteiger partial charge < -0.3 is 10.1 Å². The summed E-state index contributed by atoms with van der Waals surface area (Å²) in [6.45, 7) is 4.39. The largest absolute Gasteiger partial charge is 0.469 e. The Kier molecular flexibility index (Phi) is 5.10. The number of methoxy groups -OCH3 is 1. The maximum atomic E-state index is 12.9. The van der Waals surface area contributed by atoms with Crippen LogP contribution < -0.4 is 5.32 Å². The molecule has 0 saturated carbocycles. The maximum Gasteiger partial charge on any atom is 0.307 e. The third-order valence-electron chi connectivity index (χ3n) is 2.65. The maximum absolute atomic E-state index is 12.9. The quantitative estimate of drug-likeness (QED) is 0.800. The van der Waals surface area contributed by atoms with Crippen LogP contribution in [0.5, 0.6) is 0 Å². The summed E-state index contributed by atoms with van der Waals surface area (Å²) in [5, 5.41) is 3.20. The van der Waals surface area contributed by atoms with Crippen molar-refractivity contribution in [2.75, 3.05) is 7.11 Å². The van der Waals surface area contributed by atoms with Gasteiger partial charge in [-0.3, -0.25) is 4.79 Å². The Morgan fingerprint density at radius 3 is 2.82 bits per heavy atom. The molecule has 0 fully saturated rings. The van der Waals surface area contributed by atoms with E-state index in [1.54, 1.807) is 6.07 Å². The zero-order chi connectivity index (χ0) is 12.8. The number of nitrogens with one attached hydrogen (secondary N) is 1. The first-order valence-corrected chi connectivity index (χ1v) is 5.58. The highest BCUT2D eigenvalue weighted by Gasteiger charge is 2.09. The summed E-state index contributed by atoms with van der Waals surface area (Å²) in [4.78, 5) is 11.0. The first kappa shape index (κ1) is 13.6. The molecule has 0 aliphatic rings. The molecular formula is C13H18FNO2. The fourth-order valence-electron chi connectivity index (χ4n) is 1.55. The van der Waals surface area contributed by atoms with Crippen LogP contribution in [0.1, 0.15) is 24.5 Å². The van der Waals surface area contributed by atoms with Crippen LogP contribution in [0.4, 0.5) is 4.39 Å². The number of benzene rings is 1. The molecule has 1 atom stereocenters. The smallest absolute Gasteiger partial charge is 0.307 e. The van der Waals surface area contributed by atoms with E-state index in [1.807, 2.05) is 13.8 Å². The Labute approximate surface area is 101 Å². The van der Waals surface area contributed by atoms with E-state index in [0.29, 0.717) is 13.0 Å². The van der Waals surface area contributed by atoms with Gasteiger partial charge in [-0.25, -0.2) is 4.39 Å². The van der Waals surface area contributed by atoms with Crippen LogP contribution in [0.2, 0.25) is 0 Å². The van der Waals surface area contributed by atoms with Crippen LogP contribution in [0.15, 0.2) is 18.2 Å². The number of carbonyl (C=O) groups is 1. The molecule has 0 bridgehead atoms. The first-order chi connectivity index (χ1) is 8.02. The highest BCUT2D eigenvalue weighted by Crippen LogP contribution is 2.10. The van der Waals surface area contributed by atoms with Gasteiger partial charge in [0.25, 0.3) is 0 Å². The lowest BCUT2D eigenvalue weighted by Crippen LogP contribution is -2.28. The van der Waals surface area contributed by atoms with E-state index in [9.17, 15) is 9.18 Å². The van der Waals surface area contributed by atoms with Crippen molar-refractivity contribution in [1.82, 2.24) is 5.32 Å². The molecule has 0 heterocycles. The van der Waals surface area contributed by atoms with Gasteiger partial charge in [-0.1, -0.05) is 6.07 Å². The fraction of sp³-hybridized carbons (Fsp3) is 0.462. The molecule has 0 amide bonds. The molecule has 1 N–H and O–H groups in total. The highest BCUT2D eigenvalue weighted by molar-refractivity contribution is 5.69. The van der Waals surface area contributed by atoms with Crippen molar-refractivity contribution >= 4 is 5.97 Å². The molecule has 1 rings (SSSR count). The lowest BCUT2D eigenvalue weighted by Gasteiger charge is -2.13. The molecular weight excluding hydrogens is 221 g/mol. The lowest BCUT2D eigenvalue weighted by atomic mass is 10.1. The van der Waals surface area contributed by atoms with Gasteiger partial charge in [0.05, 0.1) is 13.5 Å². The van der Waals surface area contributed by atoms with E-state index in [1.165, 1.54) is 19.2 Å². The van der Waals surface area contributed by atoms with Crippen LogP contribution >= 0.6 is 0 Å². The second-order valence-corrected chi connectivity index (χ2v) is 4.13. The molecule has 17 heavy (non-hydrogen) atoms. The molecule has 0 radical (unpaired) electrons. The molecule has 0 aliphatic heterocycles. The van der Waals surface area contributed by atoms with Crippen LogP contribution in [0, 0.1) is 12.7 Å². The lowest BCUT2D eigenvalue weighted by molar-refractivity contribution is -0.141. The van der Waals surface area contributed by atoms with E-state index < -0.39 is 0 Å². The predicted octanol–water partition coefficient (Wildman–Crippen LogP) is 2.18. The van der Waals surface area contributed by atoms with E-state index >= 15 is 0 Å². The topological polar surface area (TPSA) is 38.3 Å². The summed E-state index contributed by atoms with van der Waals surface area (Å²) >= 11 is 0. The minimum absolute atomic E-state index is 0.0342. The molecule has 0 saturated heterocycles. The SMILES string of the molecule is COC(=O)CC(C)NCc1ccc(F)cc1C. The average molecular weight is 239 g/mol. The molecule has 1 aromatic rings. The zero-order valence-corrected chi connectivity index (χ0v) is 10.4. The van der Waals surface area contributed by atoms with E-state index in [0.717, 1.165) is 11.1 Å². The second-order valence-electron chi connectivity index (χ2n) is 4.13. The summed E-state index contributed by atoms with van der Waals surface area (Å²) in [5.74, 6) is -0.463. The number of aryl methyl sites for hydroxylation is 1. The van der Waals surface area contributed by atoms with E-state index in [4.69, 9.17) is 0 Å². The average Bonchev–Trinajstić information content (AvgIpc) is 2.27. The predicted molar refractivity (Wildman–Crippen MR) is 64.1 cm³/mol. The van der Waals surface area contributed by atoms with Gasteiger partial charge in [0.15, 0.2) is 0 Å². The Balaban J connectivity index is 2.47. The summed E-state index contributed by atoms with van der Waals surface area (Å²) in [7, 11) is 1.37. The van der Waals surface area contributed by atoms with Crippen LogP contribution in [0.3, 0.4) is 0 Å². The van der Waals surface area contributed by atoms with Crippen molar-refractivity contribution in [3.05, 3.63) is 35.1 Å². The normalized spacial score (nSPS) is 12.2. The van der Waals surface area contributed by atoms with Gasteiger partial charge in [-0.2, -0.15) is 0 Å². The minimum Gasteiger partial charge on any atom is -0.469 e. The zero-order valence-electron chi connectivity index (χ0n) is 10.4. The van der Waals surface area contributed by atoms with Crippen molar-refractivity contribution in [3.63, 3.8) is 0 Å². The molecule has 1 unspecified atom stereocenters. The Morgan fingerprint density at radius 1 is 1.53 bits per heavy atom. The van der Waals surface area contributed by atoms with Crippen LogP contribution in [-0.2, 0) is 16.1 Å². The second kappa shape index (κ2) is 6.35. The standard InChI is InChI=1S/C13H18FNO2/c1-9-6-12(14)5-4-11(9)8-15-10(2)7-13(16)17-3/h4-6,10,15H,7-8H2,1-3H3. The summed E-state index contributed by atoms with van der Waals surface area (Å²) in [5.41, 5.74) is 1.94. The van der Waals surface area contributed by atoms with Gasteiger partial charge in [0.2, 0.25) is 0 Å². The van der Waals surface area contributed by atoms with Crippen molar-refractivity contribution in [2.45, 2.75) is 32.9 Å². The van der Waals surface area contributed by atoms with E-state index in [-0.39, 0.29) is 17.8 Å². The highest BCUT2D eigenvalue weighted by atomic mass is 19.1. The number of esters is 1. The fourth-order valence-corrected chi connectivity index (χ4v) is 1.55. The molecule has 4 heteroatoms. The van der Waals surface area contributed by atoms with Gasteiger partial charge in [-0.05, 0) is 37.1 Å². The summed E-state index contributed by atoms with van der Waals surface area (Å²) in [6, 6.07) is 4.73. The van der Waals surface area contributed by atoms with Crippen LogP contribution in [-0.4, -0.2) is 19.1 Å². The molecule has 94 valence electrons. The third kappa shape index (κ3) is 4.53. The van der Waals surface area contributed by atoms with Crippen molar-refractivity contribution < 1.29 is 13.9 Å². The summed E-state index contributed by atoms with van der Waals surface area (Å²) < 4.78 is 17.5. The Morgan fingerprint density at radius 2 is 2.24 bits per heavy atom. The van der Waals surface area contributed by atoms with Crippen molar-refractivity contribution in [2.24, 2.45) is 0 Å². The molecule has 0 aliphatic carbocycles. The molecule has 3 nitrogen and oxygen atoms in total. The van der Waals surface area contributed by atoms with Gasteiger partial charge >= 0.3 is 5.97 Å². The van der Waals surface area contributed by atoms with Gasteiger partial charge in [-0.15, -0.1) is 0 Å².